The first-order valence-corrected chi connectivity index (χ1v) is 7.86. The summed E-state index contributed by atoms with van der Waals surface area (Å²) in [5.41, 5.74) is 15.6. The highest BCUT2D eigenvalue weighted by Crippen LogP contribution is 2.35. The van der Waals surface area contributed by atoms with Gasteiger partial charge < -0.3 is 11.5 Å². The number of benzene rings is 1. The number of pyridine rings is 2. The van der Waals surface area contributed by atoms with E-state index in [1.54, 1.807) is 29.8 Å². The quantitative estimate of drug-likeness (QED) is 0.589. The molecule has 0 radical (unpaired) electrons. The van der Waals surface area contributed by atoms with Crippen molar-refractivity contribution in [1.29, 1.82) is 0 Å². The Labute approximate surface area is 136 Å². The standard InChI is InChI=1S/C17H13N5S/c18-15-4-2-12(16(19)22-15)17-21-13-3-1-11(9-14(13)23-17)10-5-7-20-8-6-10/h1-9H,(H4,18,19,22). The number of fused-ring (bicyclic) bond motifs is 1. The van der Waals surface area contributed by atoms with E-state index < -0.39 is 0 Å². The monoisotopic (exact) mass is 319 g/mol. The molecule has 23 heavy (non-hydrogen) atoms. The predicted molar refractivity (Wildman–Crippen MR) is 94.9 cm³/mol. The molecule has 0 spiro atoms. The Hall–Kier alpha value is -2.99. The van der Waals surface area contributed by atoms with Gasteiger partial charge in [-0.15, -0.1) is 11.3 Å². The smallest absolute Gasteiger partial charge is 0.136 e. The lowest BCUT2D eigenvalue weighted by molar-refractivity contribution is 1.33. The normalized spacial score (nSPS) is 11.0. The topological polar surface area (TPSA) is 90.7 Å². The number of anilines is 2. The lowest BCUT2D eigenvalue weighted by Crippen LogP contribution is -1.97. The molecule has 112 valence electrons. The number of hydrogen-bond donors (Lipinski definition) is 2. The maximum Gasteiger partial charge on any atom is 0.136 e. The third-order valence-corrected chi connectivity index (χ3v) is 4.63. The minimum atomic E-state index is 0.401. The average Bonchev–Trinajstić information content (AvgIpc) is 2.98. The van der Waals surface area contributed by atoms with E-state index in [2.05, 4.69) is 27.1 Å². The molecule has 0 bridgehead atoms. The summed E-state index contributed by atoms with van der Waals surface area (Å²) in [4.78, 5) is 12.8. The van der Waals surface area contributed by atoms with Crippen molar-refractivity contribution in [2.75, 3.05) is 11.5 Å². The van der Waals surface area contributed by atoms with Crippen LogP contribution in [0.5, 0.6) is 0 Å². The van der Waals surface area contributed by atoms with Crippen LogP contribution in [0.2, 0.25) is 0 Å². The number of hydrogen-bond acceptors (Lipinski definition) is 6. The fourth-order valence-electron chi connectivity index (χ4n) is 2.44. The SMILES string of the molecule is Nc1ccc(-c2nc3ccc(-c4ccncc4)cc3s2)c(N)n1. The lowest BCUT2D eigenvalue weighted by Gasteiger charge is -2.01. The molecule has 0 aliphatic rings. The largest absolute Gasteiger partial charge is 0.384 e. The highest BCUT2D eigenvalue weighted by Gasteiger charge is 2.11. The van der Waals surface area contributed by atoms with Gasteiger partial charge in [-0.25, -0.2) is 9.97 Å². The Balaban J connectivity index is 1.82. The zero-order valence-electron chi connectivity index (χ0n) is 12.1. The summed E-state index contributed by atoms with van der Waals surface area (Å²) in [5.74, 6) is 0.811. The fourth-order valence-corrected chi connectivity index (χ4v) is 3.47. The van der Waals surface area contributed by atoms with Crippen molar-refractivity contribution >= 4 is 33.2 Å². The van der Waals surface area contributed by atoms with E-state index >= 15 is 0 Å². The second-order valence-corrected chi connectivity index (χ2v) is 6.14. The summed E-state index contributed by atoms with van der Waals surface area (Å²) in [7, 11) is 0. The molecule has 0 saturated heterocycles. The van der Waals surface area contributed by atoms with Crippen molar-refractivity contribution < 1.29 is 0 Å². The highest BCUT2D eigenvalue weighted by atomic mass is 32.1. The molecule has 0 aliphatic carbocycles. The molecule has 0 aliphatic heterocycles. The van der Waals surface area contributed by atoms with Gasteiger partial charge in [0.1, 0.15) is 16.6 Å². The Morgan fingerprint density at radius 1 is 0.826 bits per heavy atom. The van der Waals surface area contributed by atoms with Crippen molar-refractivity contribution in [2.24, 2.45) is 0 Å². The molecular formula is C17H13N5S. The van der Waals surface area contributed by atoms with Crippen LogP contribution >= 0.6 is 11.3 Å². The van der Waals surface area contributed by atoms with Gasteiger partial charge in [-0.3, -0.25) is 4.98 Å². The molecule has 0 fully saturated rings. The van der Waals surface area contributed by atoms with Crippen LogP contribution in [0.25, 0.3) is 31.9 Å². The molecule has 3 heterocycles. The van der Waals surface area contributed by atoms with E-state index in [-0.39, 0.29) is 0 Å². The highest BCUT2D eigenvalue weighted by molar-refractivity contribution is 7.21. The molecule has 6 heteroatoms. The van der Waals surface area contributed by atoms with E-state index in [9.17, 15) is 0 Å². The molecule has 0 atom stereocenters. The van der Waals surface area contributed by atoms with Crippen LogP contribution in [-0.4, -0.2) is 15.0 Å². The molecule has 0 amide bonds. The summed E-state index contributed by atoms with van der Waals surface area (Å²) < 4.78 is 1.10. The van der Waals surface area contributed by atoms with Crippen molar-refractivity contribution in [2.45, 2.75) is 0 Å². The summed E-state index contributed by atoms with van der Waals surface area (Å²) in [6.07, 6.45) is 3.58. The van der Waals surface area contributed by atoms with Crippen molar-refractivity contribution in [3.63, 3.8) is 0 Å². The van der Waals surface area contributed by atoms with E-state index in [0.717, 1.165) is 31.9 Å². The van der Waals surface area contributed by atoms with Gasteiger partial charge in [0.2, 0.25) is 0 Å². The summed E-state index contributed by atoms with van der Waals surface area (Å²) in [6, 6.07) is 13.8. The van der Waals surface area contributed by atoms with Gasteiger partial charge in [0.15, 0.2) is 0 Å². The maximum absolute atomic E-state index is 5.96. The minimum absolute atomic E-state index is 0.401. The number of rotatable bonds is 2. The fraction of sp³-hybridized carbons (Fsp3) is 0. The molecule has 0 saturated carbocycles. The Morgan fingerprint density at radius 2 is 1.65 bits per heavy atom. The minimum Gasteiger partial charge on any atom is -0.384 e. The first kappa shape index (κ1) is 13.7. The summed E-state index contributed by atoms with van der Waals surface area (Å²) in [5, 5.41) is 0.844. The molecule has 3 aromatic heterocycles. The summed E-state index contributed by atoms with van der Waals surface area (Å²) >= 11 is 1.59. The molecule has 4 rings (SSSR count). The predicted octanol–water partition coefficient (Wildman–Crippen LogP) is 3.58. The number of aromatic nitrogens is 3. The second-order valence-electron chi connectivity index (χ2n) is 5.11. The maximum atomic E-state index is 5.96. The molecular weight excluding hydrogens is 306 g/mol. The van der Waals surface area contributed by atoms with E-state index in [1.807, 2.05) is 24.3 Å². The Bertz CT molecular complexity index is 994. The van der Waals surface area contributed by atoms with Gasteiger partial charge in [-0.05, 0) is 47.5 Å². The Kier molecular flexibility index (Phi) is 3.17. The average molecular weight is 319 g/mol. The van der Waals surface area contributed by atoms with Crippen LogP contribution in [0.1, 0.15) is 0 Å². The molecule has 4 N–H and O–H groups in total. The van der Waals surface area contributed by atoms with Gasteiger partial charge in [0.05, 0.1) is 15.8 Å². The van der Waals surface area contributed by atoms with Crippen LogP contribution < -0.4 is 11.5 Å². The van der Waals surface area contributed by atoms with Gasteiger partial charge in [0.25, 0.3) is 0 Å². The third-order valence-electron chi connectivity index (χ3n) is 3.58. The second kappa shape index (κ2) is 5.33. The first-order chi connectivity index (χ1) is 11.2. The van der Waals surface area contributed by atoms with Crippen molar-refractivity contribution in [3.05, 3.63) is 54.9 Å². The zero-order valence-corrected chi connectivity index (χ0v) is 12.9. The van der Waals surface area contributed by atoms with Crippen LogP contribution in [0.4, 0.5) is 11.6 Å². The molecule has 0 unspecified atom stereocenters. The number of nitrogen functional groups attached to an aromatic ring is 2. The van der Waals surface area contributed by atoms with Crippen molar-refractivity contribution in [3.8, 4) is 21.7 Å². The van der Waals surface area contributed by atoms with Crippen LogP contribution in [-0.2, 0) is 0 Å². The number of nitrogens with two attached hydrogens (primary N) is 2. The molecule has 1 aromatic carbocycles. The van der Waals surface area contributed by atoms with Gasteiger partial charge in [-0.2, -0.15) is 0 Å². The third kappa shape index (κ3) is 2.49. The van der Waals surface area contributed by atoms with Crippen LogP contribution in [0, 0.1) is 0 Å². The molecule has 4 aromatic rings. The number of thiazole rings is 1. The number of nitrogens with zero attached hydrogens (tertiary/aromatic N) is 3. The first-order valence-electron chi connectivity index (χ1n) is 7.04. The Morgan fingerprint density at radius 3 is 2.43 bits per heavy atom. The van der Waals surface area contributed by atoms with Crippen molar-refractivity contribution in [1.82, 2.24) is 15.0 Å². The van der Waals surface area contributed by atoms with Crippen LogP contribution in [0.15, 0.2) is 54.9 Å². The van der Waals surface area contributed by atoms with Gasteiger partial charge >= 0.3 is 0 Å². The molecule has 5 nitrogen and oxygen atoms in total. The lowest BCUT2D eigenvalue weighted by atomic mass is 10.1. The van der Waals surface area contributed by atoms with E-state index in [4.69, 9.17) is 11.5 Å². The van der Waals surface area contributed by atoms with Gasteiger partial charge in [-0.1, -0.05) is 6.07 Å². The van der Waals surface area contributed by atoms with E-state index in [1.165, 1.54) is 0 Å². The zero-order chi connectivity index (χ0) is 15.8. The van der Waals surface area contributed by atoms with E-state index in [0.29, 0.717) is 11.6 Å². The van der Waals surface area contributed by atoms with Gasteiger partial charge in [0, 0.05) is 12.4 Å². The summed E-state index contributed by atoms with van der Waals surface area (Å²) in [6.45, 7) is 0. The van der Waals surface area contributed by atoms with Crippen LogP contribution in [0.3, 0.4) is 0 Å².